The topological polar surface area (TPSA) is 111 Å². The molecule has 0 atom stereocenters. The number of aryl methyl sites for hydroxylation is 1. The Labute approximate surface area is 146 Å². The minimum atomic E-state index is -0.103. The Morgan fingerprint density at radius 1 is 1.32 bits per heavy atom. The highest BCUT2D eigenvalue weighted by molar-refractivity contribution is 5.83. The van der Waals surface area contributed by atoms with E-state index in [0.717, 1.165) is 51.1 Å². The molecule has 25 heavy (non-hydrogen) atoms. The van der Waals surface area contributed by atoms with Gasteiger partial charge in [-0.3, -0.25) is 14.5 Å². The van der Waals surface area contributed by atoms with E-state index in [1.165, 1.54) is 7.11 Å². The van der Waals surface area contributed by atoms with E-state index in [-0.39, 0.29) is 5.97 Å². The number of fused-ring (bicyclic) bond motifs is 1. The Morgan fingerprint density at radius 2 is 2.08 bits per heavy atom. The fourth-order valence-corrected chi connectivity index (χ4v) is 3.44. The quantitative estimate of drug-likeness (QED) is 0.717. The summed E-state index contributed by atoms with van der Waals surface area (Å²) in [7, 11) is 3.06. The van der Waals surface area contributed by atoms with Crippen molar-refractivity contribution >= 4 is 23.0 Å². The molecule has 0 amide bonds. The fourth-order valence-electron chi connectivity index (χ4n) is 3.44. The van der Waals surface area contributed by atoms with Gasteiger partial charge in [-0.05, 0) is 44.8 Å². The monoisotopic (exact) mass is 350 g/mol. The third-order valence-electron chi connectivity index (χ3n) is 4.89. The average molecular weight is 350 g/mol. The molecule has 3 heterocycles. The van der Waals surface area contributed by atoms with Gasteiger partial charge in [0.05, 0.1) is 14.2 Å². The van der Waals surface area contributed by atoms with E-state index < -0.39 is 0 Å². The van der Waals surface area contributed by atoms with Crippen molar-refractivity contribution in [3.8, 4) is 6.01 Å². The molecular formula is C16H26N6O3. The van der Waals surface area contributed by atoms with Gasteiger partial charge in [0, 0.05) is 13.0 Å². The number of esters is 1. The number of H-pyrrole nitrogens is 1. The van der Waals surface area contributed by atoms with E-state index in [1.54, 1.807) is 7.11 Å². The van der Waals surface area contributed by atoms with Crippen LogP contribution in [0.4, 0.5) is 5.82 Å². The summed E-state index contributed by atoms with van der Waals surface area (Å²) in [5, 5.41) is 6.91. The number of carbonyl (C=O) groups is 1. The summed E-state index contributed by atoms with van der Waals surface area (Å²) in [6, 6.07) is 0.548. The molecule has 1 aliphatic rings. The number of nitrogen functional groups attached to an aromatic ring is 1. The normalized spacial score (nSPS) is 16.4. The first-order valence-electron chi connectivity index (χ1n) is 8.65. The maximum absolute atomic E-state index is 11.4. The number of nitrogens with two attached hydrogens (primary N) is 1. The van der Waals surface area contributed by atoms with Gasteiger partial charge in [-0.1, -0.05) is 0 Å². The molecule has 0 saturated carbocycles. The largest absolute Gasteiger partial charge is 0.469 e. The van der Waals surface area contributed by atoms with E-state index in [2.05, 4.69) is 20.1 Å². The van der Waals surface area contributed by atoms with Gasteiger partial charge in [-0.25, -0.2) is 0 Å². The molecule has 2 aromatic heterocycles. The molecule has 0 aromatic carbocycles. The van der Waals surface area contributed by atoms with Crippen LogP contribution in [-0.2, 0) is 16.1 Å². The number of imidazole rings is 1. The zero-order valence-electron chi connectivity index (χ0n) is 14.8. The molecule has 1 aliphatic heterocycles. The van der Waals surface area contributed by atoms with Crippen molar-refractivity contribution in [2.24, 2.45) is 5.92 Å². The number of piperidine rings is 1. The van der Waals surface area contributed by atoms with Gasteiger partial charge in [0.1, 0.15) is 0 Å². The van der Waals surface area contributed by atoms with Gasteiger partial charge in [0.15, 0.2) is 17.0 Å². The number of nitrogens with zero attached hydrogens (tertiary/aromatic N) is 4. The maximum atomic E-state index is 11.4. The molecular weight excluding hydrogens is 324 g/mol. The first kappa shape index (κ1) is 17.5. The second-order valence-corrected chi connectivity index (χ2v) is 6.48. The van der Waals surface area contributed by atoms with Crippen molar-refractivity contribution in [2.75, 3.05) is 39.6 Å². The number of carbonyl (C=O) groups excluding carboxylic acids is 1. The van der Waals surface area contributed by atoms with Crippen molar-refractivity contribution in [1.82, 2.24) is 24.6 Å². The van der Waals surface area contributed by atoms with Crippen LogP contribution in [0.5, 0.6) is 6.01 Å². The second kappa shape index (κ2) is 7.73. The Bertz CT molecular complexity index is 717. The van der Waals surface area contributed by atoms with E-state index in [9.17, 15) is 4.79 Å². The van der Waals surface area contributed by atoms with Crippen LogP contribution in [0.1, 0.15) is 25.7 Å². The Balaban J connectivity index is 1.49. The summed E-state index contributed by atoms with van der Waals surface area (Å²) in [6.07, 6.45) is 3.61. The molecule has 0 radical (unpaired) electrons. The van der Waals surface area contributed by atoms with Gasteiger partial charge in [0.25, 0.3) is 6.01 Å². The summed E-state index contributed by atoms with van der Waals surface area (Å²) < 4.78 is 12.1. The van der Waals surface area contributed by atoms with Crippen molar-refractivity contribution in [3.05, 3.63) is 0 Å². The third-order valence-corrected chi connectivity index (χ3v) is 4.89. The predicted octanol–water partition coefficient (Wildman–Crippen LogP) is 1.02. The zero-order valence-corrected chi connectivity index (χ0v) is 14.8. The molecule has 0 unspecified atom stereocenters. The van der Waals surface area contributed by atoms with Crippen LogP contribution in [0.2, 0.25) is 0 Å². The SMILES string of the molecule is COC(=O)CC1CCN(CCCn2c(OC)nc3c(N)n[nH]c32)CC1. The van der Waals surface area contributed by atoms with Crippen LogP contribution in [0.3, 0.4) is 0 Å². The Morgan fingerprint density at radius 3 is 2.76 bits per heavy atom. The van der Waals surface area contributed by atoms with Crippen LogP contribution in [-0.4, -0.2) is 64.5 Å². The lowest BCUT2D eigenvalue weighted by atomic mass is 9.93. The molecule has 138 valence electrons. The molecule has 0 aliphatic carbocycles. The molecule has 9 nitrogen and oxygen atoms in total. The minimum Gasteiger partial charge on any atom is -0.469 e. The number of aromatic amines is 1. The number of nitrogens with one attached hydrogen (secondary N) is 1. The summed E-state index contributed by atoms with van der Waals surface area (Å²) >= 11 is 0. The molecule has 9 heteroatoms. The van der Waals surface area contributed by atoms with Crippen molar-refractivity contribution in [2.45, 2.75) is 32.2 Å². The number of methoxy groups -OCH3 is 2. The van der Waals surface area contributed by atoms with Crippen LogP contribution in [0.25, 0.3) is 11.2 Å². The van der Waals surface area contributed by atoms with Crippen molar-refractivity contribution in [1.29, 1.82) is 0 Å². The Kier molecular flexibility index (Phi) is 5.42. The molecule has 3 N–H and O–H groups in total. The highest BCUT2D eigenvalue weighted by atomic mass is 16.5. The van der Waals surface area contributed by atoms with E-state index in [1.807, 2.05) is 4.57 Å². The molecule has 1 saturated heterocycles. The number of anilines is 1. The van der Waals surface area contributed by atoms with Crippen LogP contribution < -0.4 is 10.5 Å². The number of rotatable bonds is 7. The van der Waals surface area contributed by atoms with Crippen molar-refractivity contribution in [3.63, 3.8) is 0 Å². The molecule has 2 aromatic rings. The highest BCUT2D eigenvalue weighted by Crippen LogP contribution is 2.24. The Hall–Kier alpha value is -2.29. The summed E-state index contributed by atoms with van der Waals surface area (Å²) in [5.41, 5.74) is 7.25. The molecule has 0 spiro atoms. The number of ether oxygens (including phenoxy) is 2. The lowest BCUT2D eigenvalue weighted by molar-refractivity contribution is -0.142. The first-order valence-corrected chi connectivity index (χ1v) is 8.65. The van der Waals surface area contributed by atoms with Gasteiger partial charge >= 0.3 is 5.97 Å². The lowest BCUT2D eigenvalue weighted by Crippen LogP contribution is -2.35. The summed E-state index contributed by atoms with van der Waals surface area (Å²) in [4.78, 5) is 18.2. The van der Waals surface area contributed by atoms with Gasteiger partial charge in [0.2, 0.25) is 0 Å². The minimum absolute atomic E-state index is 0.103. The number of hydrogen-bond acceptors (Lipinski definition) is 7. The summed E-state index contributed by atoms with van der Waals surface area (Å²) in [5.74, 6) is 0.735. The van der Waals surface area contributed by atoms with Gasteiger partial charge in [-0.15, -0.1) is 0 Å². The molecule has 3 rings (SSSR count). The fraction of sp³-hybridized carbons (Fsp3) is 0.688. The zero-order chi connectivity index (χ0) is 17.8. The van der Waals surface area contributed by atoms with Crippen LogP contribution >= 0.6 is 0 Å². The number of hydrogen-bond donors (Lipinski definition) is 2. The smallest absolute Gasteiger partial charge is 0.305 e. The van der Waals surface area contributed by atoms with Gasteiger partial charge in [-0.2, -0.15) is 10.1 Å². The van der Waals surface area contributed by atoms with Crippen molar-refractivity contribution < 1.29 is 14.3 Å². The number of aromatic nitrogens is 4. The average Bonchev–Trinajstić information content (AvgIpc) is 3.16. The van der Waals surface area contributed by atoms with E-state index >= 15 is 0 Å². The maximum Gasteiger partial charge on any atom is 0.305 e. The standard InChI is InChI=1S/C16H26N6O3/c1-24-12(23)10-11-4-8-21(9-5-11)6-3-7-22-15-13(14(17)19-20-15)18-16(22)25-2/h11H,3-10H2,1-2H3,(H3,17,19,20). The summed E-state index contributed by atoms with van der Waals surface area (Å²) in [6.45, 7) is 3.82. The van der Waals surface area contributed by atoms with Crippen LogP contribution in [0, 0.1) is 5.92 Å². The third kappa shape index (κ3) is 3.87. The molecule has 0 bridgehead atoms. The molecule has 1 fully saturated rings. The highest BCUT2D eigenvalue weighted by Gasteiger charge is 2.22. The van der Waals surface area contributed by atoms with Gasteiger partial charge < -0.3 is 20.1 Å². The predicted molar refractivity (Wildman–Crippen MR) is 93.3 cm³/mol. The number of likely N-dealkylation sites (tertiary alicyclic amines) is 1. The second-order valence-electron chi connectivity index (χ2n) is 6.48. The first-order chi connectivity index (χ1) is 12.1. The van der Waals surface area contributed by atoms with Crippen LogP contribution in [0.15, 0.2) is 0 Å². The lowest BCUT2D eigenvalue weighted by Gasteiger charge is -2.31. The van der Waals surface area contributed by atoms with E-state index in [0.29, 0.717) is 29.7 Å². The van der Waals surface area contributed by atoms with E-state index in [4.69, 9.17) is 15.2 Å².